The van der Waals surface area contributed by atoms with Crippen LogP contribution in [0.2, 0.25) is 0 Å². The van der Waals surface area contributed by atoms with E-state index in [0.29, 0.717) is 18.4 Å². The number of carbonyl (C=O) groups is 1. The molecule has 0 radical (unpaired) electrons. The molecular weight excluding hydrogens is 322 g/mol. The van der Waals surface area contributed by atoms with Crippen molar-refractivity contribution >= 4 is 17.2 Å². The Labute approximate surface area is 147 Å². The van der Waals surface area contributed by atoms with E-state index in [2.05, 4.69) is 19.1 Å². The van der Waals surface area contributed by atoms with E-state index in [0.717, 1.165) is 38.8 Å². The van der Waals surface area contributed by atoms with E-state index in [-0.39, 0.29) is 23.5 Å². The predicted molar refractivity (Wildman–Crippen MR) is 94.2 cm³/mol. The van der Waals surface area contributed by atoms with Crippen LogP contribution in [0.5, 0.6) is 0 Å². The van der Waals surface area contributed by atoms with Gasteiger partial charge in [-0.2, -0.15) is 0 Å². The second kappa shape index (κ2) is 6.11. The minimum Gasteiger partial charge on any atom is -0.392 e. The number of ether oxygens (including phenoxy) is 1. The van der Waals surface area contributed by atoms with Gasteiger partial charge < -0.3 is 14.7 Å². The molecule has 2 saturated carbocycles. The van der Waals surface area contributed by atoms with Crippen molar-refractivity contribution in [2.24, 2.45) is 11.3 Å². The Morgan fingerprint density at radius 3 is 2.71 bits per heavy atom. The fraction of sp³-hybridized carbons (Fsp3) is 0.737. The van der Waals surface area contributed by atoms with Crippen molar-refractivity contribution in [3.05, 3.63) is 21.9 Å². The third kappa shape index (κ3) is 2.61. The van der Waals surface area contributed by atoms with Crippen LogP contribution in [-0.4, -0.2) is 47.8 Å². The lowest BCUT2D eigenvalue weighted by atomic mass is 9.58. The van der Waals surface area contributed by atoms with Crippen LogP contribution in [0.1, 0.15) is 48.3 Å². The number of thiophene rings is 1. The van der Waals surface area contributed by atoms with Crippen LogP contribution < -0.4 is 0 Å². The van der Waals surface area contributed by atoms with Crippen molar-refractivity contribution in [1.82, 2.24) is 4.90 Å². The monoisotopic (exact) mass is 349 g/mol. The first kappa shape index (κ1) is 16.6. The van der Waals surface area contributed by atoms with Gasteiger partial charge in [0.25, 0.3) is 0 Å². The highest BCUT2D eigenvalue weighted by molar-refractivity contribution is 7.12. The van der Waals surface area contributed by atoms with Gasteiger partial charge in [0.05, 0.1) is 12.2 Å². The SMILES string of the molecule is CCOC1CC(O)C12CCN(C(=O)C1CC1c1ccc(C)s1)CC2. The maximum absolute atomic E-state index is 12.8. The summed E-state index contributed by atoms with van der Waals surface area (Å²) in [7, 11) is 0. The molecule has 1 aromatic heterocycles. The van der Waals surface area contributed by atoms with Crippen LogP contribution in [0.25, 0.3) is 0 Å². The number of aliphatic hydroxyl groups is 1. The molecule has 4 unspecified atom stereocenters. The number of rotatable bonds is 4. The lowest BCUT2D eigenvalue weighted by molar-refractivity contribution is -0.210. The van der Waals surface area contributed by atoms with E-state index in [9.17, 15) is 9.90 Å². The Kier molecular flexibility index (Phi) is 4.22. The van der Waals surface area contributed by atoms with Crippen LogP contribution in [0.3, 0.4) is 0 Å². The number of hydrogen-bond acceptors (Lipinski definition) is 4. The Hall–Kier alpha value is -0.910. The lowest BCUT2D eigenvalue weighted by Crippen LogP contribution is -2.62. The number of likely N-dealkylation sites (tertiary alicyclic amines) is 1. The van der Waals surface area contributed by atoms with E-state index in [1.807, 2.05) is 23.2 Å². The number of aliphatic hydroxyl groups excluding tert-OH is 1. The fourth-order valence-corrected chi connectivity index (χ4v) is 5.69. The van der Waals surface area contributed by atoms with E-state index < -0.39 is 0 Å². The summed E-state index contributed by atoms with van der Waals surface area (Å²) < 4.78 is 5.81. The molecule has 3 fully saturated rings. The zero-order valence-electron chi connectivity index (χ0n) is 14.5. The third-order valence-corrected chi connectivity index (χ3v) is 7.48. The van der Waals surface area contributed by atoms with Gasteiger partial charge in [0, 0.05) is 53.1 Å². The summed E-state index contributed by atoms with van der Waals surface area (Å²) in [5.41, 5.74) is -0.0966. The quantitative estimate of drug-likeness (QED) is 0.909. The van der Waals surface area contributed by atoms with Crippen LogP contribution in [-0.2, 0) is 9.53 Å². The van der Waals surface area contributed by atoms with Crippen LogP contribution >= 0.6 is 11.3 Å². The Morgan fingerprint density at radius 1 is 1.38 bits per heavy atom. The summed E-state index contributed by atoms with van der Waals surface area (Å²) in [5, 5.41) is 10.3. The van der Waals surface area contributed by atoms with E-state index in [1.54, 1.807) is 0 Å². The average Bonchev–Trinajstić information content (AvgIpc) is 3.28. The summed E-state index contributed by atoms with van der Waals surface area (Å²) >= 11 is 1.82. The first-order valence-corrected chi connectivity index (χ1v) is 10.0. The molecule has 0 aromatic carbocycles. The number of piperidine rings is 1. The molecule has 0 bridgehead atoms. The number of aryl methyl sites for hydroxylation is 1. The third-order valence-electron chi connectivity index (χ3n) is 6.35. The molecule has 1 aromatic rings. The standard InChI is InChI=1S/C19H27NO3S/c1-3-23-17-11-16(21)19(17)6-8-20(9-7-19)18(22)14-10-13(14)15-5-4-12(2)24-15/h4-5,13-14,16-17,21H,3,6-11H2,1-2H3. The minimum atomic E-state index is -0.255. The largest absolute Gasteiger partial charge is 0.392 e. The smallest absolute Gasteiger partial charge is 0.226 e. The molecule has 2 aliphatic carbocycles. The summed E-state index contributed by atoms with van der Waals surface area (Å²) in [6, 6.07) is 4.33. The second-order valence-electron chi connectivity index (χ2n) is 7.65. The van der Waals surface area contributed by atoms with Gasteiger partial charge in [-0.15, -0.1) is 11.3 Å². The van der Waals surface area contributed by atoms with Gasteiger partial charge in [0.15, 0.2) is 0 Å². The first-order valence-electron chi connectivity index (χ1n) is 9.20. The Bertz CT molecular complexity index is 618. The summed E-state index contributed by atoms with van der Waals surface area (Å²) in [6.07, 6.45) is 3.43. The predicted octanol–water partition coefficient (Wildman–Crippen LogP) is 2.94. The molecule has 1 saturated heterocycles. The molecule has 1 amide bonds. The topological polar surface area (TPSA) is 49.8 Å². The second-order valence-corrected chi connectivity index (χ2v) is 8.97. The van der Waals surface area contributed by atoms with E-state index in [4.69, 9.17) is 4.74 Å². The number of nitrogens with zero attached hydrogens (tertiary/aromatic N) is 1. The normalized spacial score (nSPS) is 34.2. The molecular formula is C19H27NO3S. The molecule has 132 valence electrons. The molecule has 1 spiro atoms. The van der Waals surface area contributed by atoms with Crippen molar-refractivity contribution in [3.63, 3.8) is 0 Å². The van der Waals surface area contributed by atoms with Crippen LogP contribution in [0.15, 0.2) is 12.1 Å². The molecule has 2 heterocycles. The maximum atomic E-state index is 12.8. The average molecular weight is 349 g/mol. The highest BCUT2D eigenvalue weighted by atomic mass is 32.1. The van der Waals surface area contributed by atoms with Crippen molar-refractivity contribution in [2.45, 2.75) is 57.7 Å². The van der Waals surface area contributed by atoms with E-state index >= 15 is 0 Å². The molecule has 4 atom stereocenters. The van der Waals surface area contributed by atoms with Crippen LogP contribution in [0, 0.1) is 18.3 Å². The van der Waals surface area contributed by atoms with Gasteiger partial charge in [0.1, 0.15) is 0 Å². The minimum absolute atomic E-state index is 0.0966. The van der Waals surface area contributed by atoms with Crippen molar-refractivity contribution in [2.75, 3.05) is 19.7 Å². The van der Waals surface area contributed by atoms with Gasteiger partial charge in [0.2, 0.25) is 5.91 Å². The van der Waals surface area contributed by atoms with Crippen molar-refractivity contribution in [3.8, 4) is 0 Å². The molecule has 1 N–H and O–H groups in total. The maximum Gasteiger partial charge on any atom is 0.226 e. The molecule has 5 heteroatoms. The fourth-order valence-electron chi connectivity index (χ4n) is 4.63. The zero-order chi connectivity index (χ0) is 16.9. The summed E-state index contributed by atoms with van der Waals surface area (Å²) in [5.74, 6) is 0.950. The number of hydrogen-bond donors (Lipinski definition) is 1. The van der Waals surface area contributed by atoms with Gasteiger partial charge in [-0.3, -0.25) is 4.79 Å². The Balaban J connectivity index is 1.34. The first-order chi connectivity index (χ1) is 11.5. The summed E-state index contributed by atoms with van der Waals surface area (Å²) in [4.78, 5) is 17.5. The molecule has 4 rings (SSSR count). The highest BCUT2D eigenvalue weighted by Crippen LogP contribution is 2.53. The lowest BCUT2D eigenvalue weighted by Gasteiger charge is -2.56. The number of carbonyl (C=O) groups excluding carboxylic acids is 1. The molecule has 3 aliphatic rings. The van der Waals surface area contributed by atoms with Crippen LogP contribution in [0.4, 0.5) is 0 Å². The van der Waals surface area contributed by atoms with Crippen molar-refractivity contribution in [1.29, 1.82) is 0 Å². The van der Waals surface area contributed by atoms with Gasteiger partial charge in [-0.1, -0.05) is 0 Å². The zero-order valence-corrected chi connectivity index (χ0v) is 15.3. The Morgan fingerprint density at radius 2 is 2.12 bits per heavy atom. The van der Waals surface area contributed by atoms with Crippen molar-refractivity contribution < 1.29 is 14.6 Å². The number of amides is 1. The summed E-state index contributed by atoms with van der Waals surface area (Å²) in [6.45, 7) is 6.37. The highest BCUT2D eigenvalue weighted by Gasteiger charge is 2.57. The molecule has 1 aliphatic heterocycles. The van der Waals surface area contributed by atoms with E-state index in [1.165, 1.54) is 9.75 Å². The molecule has 24 heavy (non-hydrogen) atoms. The van der Waals surface area contributed by atoms with Gasteiger partial charge in [-0.25, -0.2) is 0 Å². The molecule has 4 nitrogen and oxygen atoms in total. The van der Waals surface area contributed by atoms with Gasteiger partial charge in [-0.05, 0) is 45.2 Å². The van der Waals surface area contributed by atoms with Gasteiger partial charge >= 0.3 is 0 Å².